The molecule has 0 bridgehead atoms. The van der Waals surface area contributed by atoms with Crippen molar-refractivity contribution >= 4 is 17.5 Å². The first-order chi connectivity index (χ1) is 20.1. The third-order valence-corrected chi connectivity index (χ3v) is 5.88. The number of aliphatic carboxylic acids is 2. The van der Waals surface area contributed by atoms with E-state index in [-0.39, 0.29) is 6.10 Å². The van der Waals surface area contributed by atoms with Crippen LogP contribution in [0.1, 0.15) is 23.1 Å². The fraction of sp³-hybridized carbons (Fsp3) is 0.296. The molecule has 230 valence electrons. The van der Waals surface area contributed by atoms with Gasteiger partial charge in [-0.1, -0.05) is 47.2 Å². The second-order valence-electron chi connectivity index (χ2n) is 9.11. The van der Waals surface area contributed by atoms with Gasteiger partial charge in [-0.3, -0.25) is 9.88 Å². The van der Waals surface area contributed by atoms with Crippen LogP contribution in [0.3, 0.4) is 0 Å². The van der Waals surface area contributed by atoms with Gasteiger partial charge in [0.1, 0.15) is 11.8 Å². The van der Waals surface area contributed by atoms with Gasteiger partial charge in [0.05, 0.1) is 17.8 Å². The molecule has 1 aromatic carbocycles. The molecular formula is C27H25F6N5O5. The van der Waals surface area contributed by atoms with Crippen molar-refractivity contribution in [1.82, 2.24) is 24.7 Å². The lowest BCUT2D eigenvalue weighted by atomic mass is 10.1. The zero-order chi connectivity index (χ0) is 31.8. The minimum Gasteiger partial charge on any atom is -0.475 e. The van der Waals surface area contributed by atoms with Gasteiger partial charge in [-0.15, -0.1) is 5.10 Å². The zero-order valence-electron chi connectivity index (χ0n) is 22.4. The number of halogens is 6. The molecule has 0 saturated carbocycles. The third kappa shape index (κ3) is 9.75. The van der Waals surface area contributed by atoms with Crippen LogP contribution >= 0.6 is 0 Å². The Morgan fingerprint density at radius 3 is 2.09 bits per heavy atom. The van der Waals surface area contributed by atoms with Gasteiger partial charge in [-0.05, 0) is 30.7 Å². The number of hydrogen-bond acceptors (Lipinski definition) is 7. The van der Waals surface area contributed by atoms with Crippen molar-refractivity contribution in [2.75, 3.05) is 19.7 Å². The van der Waals surface area contributed by atoms with E-state index in [1.54, 1.807) is 0 Å². The topological polar surface area (TPSA) is 130 Å². The SMILES string of the molecule is Cc1ccc(-c2ccc3c(C4CN(Cc5ccccn5)CCO4)nnn3c2)cc1.O=C(O)C(F)(F)F.O=C(O)C(F)(F)F. The summed E-state index contributed by atoms with van der Waals surface area (Å²) < 4.78 is 71.4. The largest absolute Gasteiger partial charge is 0.490 e. The Bertz CT molecular complexity index is 1490. The van der Waals surface area contributed by atoms with E-state index >= 15 is 0 Å². The highest BCUT2D eigenvalue weighted by atomic mass is 19.4. The fourth-order valence-corrected chi connectivity index (χ4v) is 3.79. The van der Waals surface area contributed by atoms with E-state index in [4.69, 9.17) is 24.5 Å². The van der Waals surface area contributed by atoms with Gasteiger partial charge < -0.3 is 14.9 Å². The molecule has 1 unspecified atom stereocenters. The van der Waals surface area contributed by atoms with Crippen LogP contribution in [0.15, 0.2) is 67.0 Å². The molecule has 4 heterocycles. The Morgan fingerprint density at radius 1 is 0.930 bits per heavy atom. The number of morpholine rings is 1. The normalized spacial score (nSPS) is 15.6. The quantitative estimate of drug-likeness (QED) is 0.308. The van der Waals surface area contributed by atoms with E-state index in [0.29, 0.717) is 6.61 Å². The predicted octanol–water partition coefficient (Wildman–Crippen LogP) is 4.94. The van der Waals surface area contributed by atoms with Crippen molar-refractivity contribution in [3.05, 3.63) is 83.9 Å². The third-order valence-electron chi connectivity index (χ3n) is 5.88. The number of fused-ring (bicyclic) bond motifs is 1. The second kappa shape index (κ2) is 14.1. The van der Waals surface area contributed by atoms with Crippen LogP contribution in [0.5, 0.6) is 0 Å². The zero-order valence-corrected chi connectivity index (χ0v) is 22.4. The van der Waals surface area contributed by atoms with Gasteiger partial charge in [0.25, 0.3) is 0 Å². The van der Waals surface area contributed by atoms with Crippen LogP contribution in [-0.4, -0.2) is 78.9 Å². The predicted molar refractivity (Wildman–Crippen MR) is 139 cm³/mol. The summed E-state index contributed by atoms with van der Waals surface area (Å²) in [5.74, 6) is -5.51. The summed E-state index contributed by atoms with van der Waals surface area (Å²) >= 11 is 0. The molecule has 0 radical (unpaired) electrons. The number of aromatic nitrogens is 4. The van der Waals surface area contributed by atoms with E-state index in [9.17, 15) is 26.3 Å². The maximum atomic E-state index is 10.6. The van der Waals surface area contributed by atoms with E-state index in [1.807, 2.05) is 29.0 Å². The first-order valence-corrected chi connectivity index (χ1v) is 12.4. The number of pyridine rings is 2. The summed E-state index contributed by atoms with van der Waals surface area (Å²) in [7, 11) is 0. The molecule has 1 aliphatic rings. The number of carboxylic acids is 2. The molecule has 43 heavy (non-hydrogen) atoms. The van der Waals surface area contributed by atoms with Crippen LogP contribution in [0.2, 0.25) is 0 Å². The number of aryl methyl sites for hydroxylation is 1. The maximum Gasteiger partial charge on any atom is 0.490 e. The molecule has 16 heteroatoms. The van der Waals surface area contributed by atoms with Crippen molar-refractivity contribution in [3.63, 3.8) is 0 Å². The molecule has 0 amide bonds. The number of carboxylic acid groups (broad SMARTS) is 2. The van der Waals surface area contributed by atoms with Crippen molar-refractivity contribution in [3.8, 4) is 11.1 Å². The monoisotopic (exact) mass is 613 g/mol. The van der Waals surface area contributed by atoms with Crippen LogP contribution in [-0.2, 0) is 20.9 Å². The summed E-state index contributed by atoms with van der Waals surface area (Å²) in [6.45, 7) is 5.27. The summed E-state index contributed by atoms with van der Waals surface area (Å²) in [6.07, 6.45) is -6.38. The Labute approximate surface area is 240 Å². The molecule has 4 aromatic rings. The summed E-state index contributed by atoms with van der Waals surface area (Å²) in [4.78, 5) is 24.6. The van der Waals surface area contributed by atoms with Gasteiger partial charge in [-0.2, -0.15) is 26.3 Å². The van der Waals surface area contributed by atoms with Crippen LogP contribution in [0, 0.1) is 6.92 Å². The fourth-order valence-electron chi connectivity index (χ4n) is 3.79. The molecule has 1 atom stereocenters. The molecule has 2 N–H and O–H groups in total. The van der Waals surface area contributed by atoms with Gasteiger partial charge in [-0.25, -0.2) is 14.1 Å². The van der Waals surface area contributed by atoms with Crippen LogP contribution < -0.4 is 0 Å². The summed E-state index contributed by atoms with van der Waals surface area (Å²) in [5.41, 5.74) is 6.50. The van der Waals surface area contributed by atoms with E-state index < -0.39 is 24.3 Å². The molecule has 1 aliphatic heterocycles. The summed E-state index contributed by atoms with van der Waals surface area (Å²) in [5, 5.41) is 23.1. The highest BCUT2D eigenvalue weighted by Gasteiger charge is 2.38. The average Bonchev–Trinajstić information content (AvgIpc) is 3.37. The highest BCUT2D eigenvalue weighted by Crippen LogP contribution is 2.27. The lowest BCUT2D eigenvalue weighted by Crippen LogP contribution is -2.38. The molecule has 0 spiro atoms. The number of ether oxygens (including phenoxy) is 1. The Morgan fingerprint density at radius 2 is 1.53 bits per heavy atom. The molecule has 10 nitrogen and oxygen atoms in total. The van der Waals surface area contributed by atoms with Gasteiger partial charge in [0.15, 0.2) is 0 Å². The molecule has 3 aromatic heterocycles. The standard InChI is InChI=1S/C23H23N5O.2C2HF3O2/c1-17-5-7-18(8-6-17)19-9-10-21-23(25-26-28(21)14-19)22-16-27(12-13-29-22)15-20-4-2-3-11-24-20;2*3-2(4,5)1(6)7/h2-11,14,22H,12-13,15-16H2,1H3;2*(H,6,7). The lowest BCUT2D eigenvalue weighted by Gasteiger charge is -2.31. The number of carbonyl (C=O) groups is 2. The van der Waals surface area contributed by atoms with Gasteiger partial charge in [0, 0.05) is 37.6 Å². The molecule has 0 aliphatic carbocycles. The summed E-state index contributed by atoms with van der Waals surface area (Å²) in [6, 6.07) is 18.8. The van der Waals surface area contributed by atoms with Crippen molar-refractivity contribution in [1.29, 1.82) is 0 Å². The smallest absolute Gasteiger partial charge is 0.475 e. The minimum absolute atomic E-state index is 0.0878. The number of nitrogens with zero attached hydrogens (tertiary/aromatic N) is 5. The first-order valence-electron chi connectivity index (χ1n) is 12.4. The van der Waals surface area contributed by atoms with Crippen LogP contribution in [0.4, 0.5) is 26.3 Å². The van der Waals surface area contributed by atoms with Crippen LogP contribution in [0.25, 0.3) is 16.6 Å². The van der Waals surface area contributed by atoms with E-state index in [2.05, 4.69) is 69.6 Å². The first kappa shape index (κ1) is 32.9. The maximum absolute atomic E-state index is 10.6. The van der Waals surface area contributed by atoms with Crippen molar-refractivity contribution in [2.45, 2.75) is 31.9 Å². The Kier molecular flexibility index (Phi) is 10.8. The molecule has 1 fully saturated rings. The Hall–Kier alpha value is -4.57. The lowest BCUT2D eigenvalue weighted by molar-refractivity contribution is -0.193. The molecule has 5 rings (SSSR count). The van der Waals surface area contributed by atoms with Crippen molar-refractivity contribution < 1.29 is 50.9 Å². The van der Waals surface area contributed by atoms with Gasteiger partial charge >= 0.3 is 24.3 Å². The highest BCUT2D eigenvalue weighted by molar-refractivity contribution is 5.73. The average molecular weight is 614 g/mol. The Balaban J connectivity index is 0.000000303. The minimum atomic E-state index is -5.08. The number of rotatable bonds is 4. The van der Waals surface area contributed by atoms with Gasteiger partial charge in [0.2, 0.25) is 0 Å². The number of alkyl halides is 6. The van der Waals surface area contributed by atoms with E-state index in [1.165, 1.54) is 11.1 Å². The van der Waals surface area contributed by atoms with Crippen molar-refractivity contribution in [2.24, 2.45) is 0 Å². The number of benzene rings is 1. The van der Waals surface area contributed by atoms with E-state index in [0.717, 1.165) is 42.1 Å². The molecule has 1 saturated heterocycles. The molecular weight excluding hydrogens is 588 g/mol. The number of hydrogen-bond donors (Lipinski definition) is 2. The second-order valence-corrected chi connectivity index (χ2v) is 9.11.